The van der Waals surface area contributed by atoms with Gasteiger partial charge in [-0.3, -0.25) is 0 Å². The first-order valence-electron chi connectivity index (χ1n) is 15.0. The fraction of sp³-hybridized carbons (Fsp3) is 0.806. The molecule has 0 saturated heterocycles. The van der Waals surface area contributed by atoms with E-state index in [0.717, 1.165) is 0 Å². The molecule has 0 aromatic heterocycles. The maximum atomic E-state index is 5.76. The highest BCUT2D eigenvalue weighted by atomic mass is 16.6. The quantitative estimate of drug-likeness (QED) is 0.114. The smallest absolute Gasteiger partial charge is 0.0723 e. The molecule has 11 heteroatoms. The van der Waals surface area contributed by atoms with Crippen LogP contribution in [0.5, 0.6) is 0 Å². The summed E-state index contributed by atoms with van der Waals surface area (Å²) in [7, 11) is 1.65. The Kier molecular flexibility index (Phi) is 27.6. The van der Waals surface area contributed by atoms with Crippen molar-refractivity contribution in [3.8, 4) is 0 Å². The van der Waals surface area contributed by atoms with Gasteiger partial charge in [0.1, 0.15) is 0 Å². The van der Waals surface area contributed by atoms with Crippen LogP contribution in [-0.4, -0.2) is 139 Å². The van der Waals surface area contributed by atoms with Gasteiger partial charge in [0.15, 0.2) is 0 Å². The lowest BCUT2D eigenvalue weighted by molar-refractivity contribution is -0.0273. The normalized spacial score (nSPS) is 11.5. The van der Waals surface area contributed by atoms with Gasteiger partial charge in [-0.25, -0.2) is 0 Å². The van der Waals surface area contributed by atoms with Crippen LogP contribution < -0.4 is 0 Å². The Hall–Kier alpha value is -1.22. The van der Waals surface area contributed by atoms with Crippen LogP contribution in [0.25, 0.3) is 0 Å². The molecule has 0 N–H and O–H groups in total. The Morgan fingerprint density at radius 3 is 0.857 bits per heavy atom. The van der Waals surface area contributed by atoms with Gasteiger partial charge in [0.05, 0.1) is 139 Å². The Bertz CT molecular complexity index is 697. The predicted octanol–water partition coefficient (Wildman–Crippen LogP) is 2.92. The van der Waals surface area contributed by atoms with E-state index in [2.05, 4.69) is 32.9 Å². The zero-order valence-electron chi connectivity index (χ0n) is 26.5. The minimum absolute atomic E-state index is 0.520. The molecule has 0 atom stereocenters. The van der Waals surface area contributed by atoms with Gasteiger partial charge in [-0.15, -0.1) is 0 Å². The summed E-state index contributed by atoms with van der Waals surface area (Å²) in [6, 6.07) is 4.38. The van der Waals surface area contributed by atoms with E-state index >= 15 is 0 Å². The van der Waals surface area contributed by atoms with E-state index < -0.39 is 0 Å². The SMILES string of the molecule is COCCOCCOCCOCCOCCOCCOCCOCCOCCOCCOCc1c(C)cc(C)cc1C. The van der Waals surface area contributed by atoms with Crippen LogP contribution in [0.4, 0.5) is 0 Å². The van der Waals surface area contributed by atoms with E-state index in [0.29, 0.717) is 139 Å². The maximum absolute atomic E-state index is 5.76. The highest BCUT2D eigenvalue weighted by Crippen LogP contribution is 2.17. The number of hydrogen-bond donors (Lipinski definition) is 0. The van der Waals surface area contributed by atoms with Crippen molar-refractivity contribution in [1.82, 2.24) is 0 Å². The average molecular weight is 605 g/mol. The van der Waals surface area contributed by atoms with E-state index in [1.54, 1.807) is 7.11 Å². The monoisotopic (exact) mass is 604 g/mol. The Morgan fingerprint density at radius 1 is 0.357 bits per heavy atom. The summed E-state index contributed by atoms with van der Waals surface area (Å²) in [5.41, 5.74) is 5.09. The number of methoxy groups -OCH3 is 1. The number of aryl methyl sites for hydroxylation is 3. The third kappa shape index (κ3) is 24.2. The number of benzene rings is 1. The van der Waals surface area contributed by atoms with E-state index in [4.69, 9.17) is 52.1 Å². The van der Waals surface area contributed by atoms with Crippen molar-refractivity contribution >= 4 is 0 Å². The van der Waals surface area contributed by atoms with Crippen LogP contribution in [0.2, 0.25) is 0 Å². The molecule has 0 saturated carbocycles. The van der Waals surface area contributed by atoms with E-state index in [9.17, 15) is 0 Å². The van der Waals surface area contributed by atoms with Gasteiger partial charge in [0.2, 0.25) is 0 Å². The summed E-state index contributed by atoms with van der Waals surface area (Å²) in [5, 5.41) is 0. The van der Waals surface area contributed by atoms with Crippen LogP contribution >= 0.6 is 0 Å². The minimum atomic E-state index is 0.520. The minimum Gasteiger partial charge on any atom is -0.382 e. The van der Waals surface area contributed by atoms with Crippen LogP contribution in [0.3, 0.4) is 0 Å². The van der Waals surface area contributed by atoms with Crippen molar-refractivity contribution in [2.45, 2.75) is 27.4 Å². The molecule has 0 spiro atoms. The highest BCUT2D eigenvalue weighted by molar-refractivity contribution is 5.36. The third-order valence-electron chi connectivity index (χ3n) is 5.87. The molecule has 0 aliphatic heterocycles. The van der Waals surface area contributed by atoms with Crippen LogP contribution in [-0.2, 0) is 58.7 Å². The molecule has 0 bridgehead atoms. The van der Waals surface area contributed by atoms with Gasteiger partial charge in [-0.2, -0.15) is 0 Å². The lowest BCUT2D eigenvalue weighted by atomic mass is 10.0. The molecule has 1 aromatic rings. The zero-order chi connectivity index (χ0) is 30.4. The standard InChI is InChI=1S/C31H56O11/c1-28-25-29(2)31(30(3)26-28)27-42-24-23-41-22-21-40-20-19-39-18-17-38-16-15-37-14-13-36-12-11-35-10-9-34-8-7-33-6-5-32-4/h25-26H,5-24,27H2,1-4H3. The largest absolute Gasteiger partial charge is 0.382 e. The van der Waals surface area contributed by atoms with E-state index in [1.165, 1.54) is 22.3 Å². The first-order chi connectivity index (χ1) is 20.6. The Labute approximate surface area is 253 Å². The molecule has 42 heavy (non-hydrogen) atoms. The maximum Gasteiger partial charge on any atom is 0.0723 e. The molecule has 11 nitrogen and oxygen atoms in total. The van der Waals surface area contributed by atoms with Gasteiger partial charge in [0.25, 0.3) is 0 Å². The van der Waals surface area contributed by atoms with Crippen molar-refractivity contribution in [3.63, 3.8) is 0 Å². The topological polar surface area (TPSA) is 102 Å². The zero-order valence-corrected chi connectivity index (χ0v) is 26.5. The second kappa shape index (κ2) is 29.8. The Morgan fingerprint density at radius 2 is 0.595 bits per heavy atom. The summed E-state index contributed by atoms with van der Waals surface area (Å²) in [5.74, 6) is 0. The summed E-state index contributed by atoms with van der Waals surface area (Å²) < 4.78 is 59.8. The van der Waals surface area contributed by atoms with E-state index in [1.807, 2.05) is 0 Å². The summed E-state index contributed by atoms with van der Waals surface area (Å²) in [6.07, 6.45) is 0. The second-order valence-electron chi connectivity index (χ2n) is 9.43. The van der Waals surface area contributed by atoms with Gasteiger partial charge in [0, 0.05) is 7.11 Å². The van der Waals surface area contributed by atoms with Crippen molar-refractivity contribution in [2.24, 2.45) is 0 Å². The van der Waals surface area contributed by atoms with Crippen LogP contribution in [0.15, 0.2) is 12.1 Å². The summed E-state index contributed by atoms with van der Waals surface area (Å²) >= 11 is 0. The summed E-state index contributed by atoms with van der Waals surface area (Å²) in [4.78, 5) is 0. The number of rotatable bonds is 32. The van der Waals surface area contributed by atoms with Gasteiger partial charge in [-0.05, 0) is 37.5 Å². The molecule has 0 heterocycles. The second-order valence-corrected chi connectivity index (χ2v) is 9.43. The first kappa shape index (κ1) is 38.8. The highest BCUT2D eigenvalue weighted by Gasteiger charge is 2.04. The lowest BCUT2D eigenvalue weighted by Gasteiger charge is -2.12. The average Bonchev–Trinajstić information content (AvgIpc) is 2.97. The van der Waals surface area contributed by atoms with E-state index in [-0.39, 0.29) is 0 Å². The van der Waals surface area contributed by atoms with Gasteiger partial charge in [-0.1, -0.05) is 17.7 Å². The van der Waals surface area contributed by atoms with Crippen molar-refractivity contribution < 1.29 is 52.1 Å². The van der Waals surface area contributed by atoms with Gasteiger partial charge >= 0.3 is 0 Å². The fourth-order valence-corrected chi connectivity index (χ4v) is 3.73. The molecule has 246 valence electrons. The van der Waals surface area contributed by atoms with Crippen molar-refractivity contribution in [2.75, 3.05) is 139 Å². The van der Waals surface area contributed by atoms with Crippen LogP contribution in [0.1, 0.15) is 22.3 Å². The molecule has 1 aromatic carbocycles. The number of ether oxygens (including phenoxy) is 11. The van der Waals surface area contributed by atoms with Crippen molar-refractivity contribution in [1.29, 1.82) is 0 Å². The van der Waals surface area contributed by atoms with Crippen LogP contribution in [0, 0.1) is 20.8 Å². The molecular formula is C31H56O11. The molecule has 0 fully saturated rings. The molecule has 0 radical (unpaired) electrons. The molecule has 0 amide bonds. The molecule has 0 aliphatic rings. The Balaban J connectivity index is 1.68. The number of hydrogen-bond acceptors (Lipinski definition) is 11. The fourth-order valence-electron chi connectivity index (χ4n) is 3.73. The molecular weight excluding hydrogens is 548 g/mol. The first-order valence-corrected chi connectivity index (χ1v) is 15.0. The van der Waals surface area contributed by atoms with Crippen molar-refractivity contribution in [3.05, 3.63) is 34.4 Å². The molecule has 0 aliphatic carbocycles. The molecule has 1 rings (SSSR count). The van der Waals surface area contributed by atoms with Gasteiger partial charge < -0.3 is 52.1 Å². The lowest BCUT2D eigenvalue weighted by Crippen LogP contribution is -2.15. The predicted molar refractivity (Wildman–Crippen MR) is 160 cm³/mol. The third-order valence-corrected chi connectivity index (χ3v) is 5.87. The summed E-state index contributed by atoms with van der Waals surface area (Å²) in [6.45, 7) is 17.8. The molecule has 0 unspecified atom stereocenters.